The molecule has 0 saturated heterocycles. The molecule has 0 aliphatic rings. The van der Waals surface area contributed by atoms with Gasteiger partial charge >= 0.3 is 0 Å². The first kappa shape index (κ1) is 26.3. The maximum atomic E-state index is 13.3. The van der Waals surface area contributed by atoms with E-state index in [0.717, 1.165) is 12.0 Å². The Morgan fingerprint density at radius 2 is 1.71 bits per heavy atom. The summed E-state index contributed by atoms with van der Waals surface area (Å²) in [5.41, 5.74) is 2.62. The van der Waals surface area contributed by atoms with Crippen molar-refractivity contribution in [3.05, 3.63) is 89.5 Å². The average molecular weight is 511 g/mol. The third kappa shape index (κ3) is 5.34. The number of rotatable bonds is 8. The number of carbonyl (C=O) groups excluding carboxylic acids is 2. The molecule has 0 spiro atoms. The lowest BCUT2D eigenvalue weighted by molar-refractivity contribution is 0.0802. The Morgan fingerprint density at radius 3 is 2.45 bits per heavy atom. The number of benzene rings is 4. The highest BCUT2D eigenvalue weighted by molar-refractivity contribution is 6.12. The summed E-state index contributed by atoms with van der Waals surface area (Å²) in [6.45, 7) is 4.45. The number of hydrogen-bond acceptors (Lipinski definition) is 6. The van der Waals surface area contributed by atoms with Crippen LogP contribution < -0.4 is 10.1 Å². The van der Waals surface area contributed by atoms with Crippen molar-refractivity contribution in [2.75, 3.05) is 26.0 Å². The molecule has 4 aromatic carbocycles. The molecule has 194 valence electrons. The predicted octanol–water partition coefficient (Wildman–Crippen LogP) is 6.88. The number of para-hydroxylation sites is 1. The second-order valence-corrected chi connectivity index (χ2v) is 8.71. The SMILES string of the molecule is CCc1ccccc1NC(=O)c1cc2ccccc2c(N=Nc2cc(C(=O)N(C)CC)ccc2OC)c1O. The summed E-state index contributed by atoms with van der Waals surface area (Å²) < 4.78 is 5.42. The first-order valence-electron chi connectivity index (χ1n) is 12.4. The molecule has 0 aliphatic heterocycles. The molecule has 8 heteroatoms. The Labute approximate surface area is 221 Å². The number of azo groups is 1. The van der Waals surface area contributed by atoms with Crippen LogP contribution in [-0.2, 0) is 6.42 Å². The highest BCUT2D eigenvalue weighted by Gasteiger charge is 2.20. The maximum Gasteiger partial charge on any atom is 0.259 e. The van der Waals surface area contributed by atoms with Gasteiger partial charge in [0, 0.05) is 30.2 Å². The van der Waals surface area contributed by atoms with Crippen molar-refractivity contribution >= 4 is 39.6 Å². The molecular weight excluding hydrogens is 480 g/mol. The fourth-order valence-corrected chi connectivity index (χ4v) is 4.10. The molecule has 0 aliphatic carbocycles. The van der Waals surface area contributed by atoms with E-state index in [9.17, 15) is 14.7 Å². The molecule has 0 saturated carbocycles. The lowest BCUT2D eigenvalue weighted by Crippen LogP contribution is -2.26. The van der Waals surface area contributed by atoms with Crippen molar-refractivity contribution in [1.29, 1.82) is 0 Å². The van der Waals surface area contributed by atoms with Crippen molar-refractivity contribution in [3.8, 4) is 11.5 Å². The Kier molecular flexibility index (Phi) is 8.01. The lowest BCUT2D eigenvalue weighted by atomic mass is 10.0. The molecule has 4 aromatic rings. The smallest absolute Gasteiger partial charge is 0.259 e. The second kappa shape index (κ2) is 11.6. The van der Waals surface area contributed by atoms with E-state index in [-0.39, 0.29) is 22.9 Å². The minimum Gasteiger partial charge on any atom is -0.505 e. The average Bonchev–Trinajstić information content (AvgIpc) is 2.95. The van der Waals surface area contributed by atoms with E-state index in [4.69, 9.17) is 4.74 Å². The summed E-state index contributed by atoms with van der Waals surface area (Å²) in [7, 11) is 3.22. The number of fused-ring (bicyclic) bond motifs is 1. The molecular formula is C30H30N4O4. The Morgan fingerprint density at radius 1 is 0.974 bits per heavy atom. The number of ether oxygens (including phenoxy) is 1. The largest absolute Gasteiger partial charge is 0.505 e. The molecule has 0 bridgehead atoms. The van der Waals surface area contributed by atoms with Crippen LogP contribution in [0.15, 0.2) is 83.0 Å². The van der Waals surface area contributed by atoms with Gasteiger partial charge in [-0.2, -0.15) is 0 Å². The zero-order valence-corrected chi connectivity index (χ0v) is 21.9. The minimum absolute atomic E-state index is 0.0732. The molecule has 0 heterocycles. The summed E-state index contributed by atoms with van der Waals surface area (Å²) >= 11 is 0. The standard InChI is InChI=1S/C30H30N4O4/c1-5-19-11-8-10-14-24(19)31-29(36)23-17-20-12-7-9-13-22(20)27(28(23)35)33-32-25-18-21(15-16-26(25)38-4)30(37)34(3)6-2/h7-18,35H,5-6H2,1-4H3,(H,31,36). The summed E-state index contributed by atoms with van der Waals surface area (Å²) in [5.74, 6) is -0.501. The monoisotopic (exact) mass is 510 g/mol. The van der Waals surface area contributed by atoms with Crippen LogP contribution in [0.25, 0.3) is 10.8 Å². The van der Waals surface area contributed by atoms with Gasteiger partial charge < -0.3 is 20.1 Å². The molecule has 0 aromatic heterocycles. The predicted molar refractivity (Wildman–Crippen MR) is 149 cm³/mol. The first-order valence-corrected chi connectivity index (χ1v) is 12.4. The number of amides is 2. The fraction of sp³-hybridized carbons (Fsp3) is 0.200. The van der Waals surface area contributed by atoms with Gasteiger partial charge in [0.2, 0.25) is 0 Å². The maximum absolute atomic E-state index is 13.3. The van der Waals surface area contributed by atoms with Crippen molar-refractivity contribution in [2.45, 2.75) is 20.3 Å². The lowest BCUT2D eigenvalue weighted by Gasteiger charge is -2.15. The molecule has 2 N–H and O–H groups in total. The Bertz CT molecular complexity index is 1530. The number of aromatic hydroxyl groups is 1. The van der Waals surface area contributed by atoms with Gasteiger partial charge in [-0.3, -0.25) is 9.59 Å². The van der Waals surface area contributed by atoms with Gasteiger partial charge in [0.25, 0.3) is 11.8 Å². The Hall–Kier alpha value is -4.72. The van der Waals surface area contributed by atoms with Crippen LogP contribution in [0.3, 0.4) is 0 Å². The second-order valence-electron chi connectivity index (χ2n) is 8.71. The van der Waals surface area contributed by atoms with E-state index < -0.39 is 5.91 Å². The van der Waals surface area contributed by atoms with E-state index in [1.54, 1.807) is 42.3 Å². The van der Waals surface area contributed by atoms with Crippen LogP contribution in [0.2, 0.25) is 0 Å². The van der Waals surface area contributed by atoms with Gasteiger partial charge in [0.05, 0.1) is 12.7 Å². The summed E-state index contributed by atoms with van der Waals surface area (Å²) in [6, 6.07) is 21.4. The van der Waals surface area contributed by atoms with Crippen LogP contribution in [0, 0.1) is 0 Å². The van der Waals surface area contributed by atoms with Crippen LogP contribution in [0.1, 0.15) is 40.1 Å². The minimum atomic E-state index is -0.460. The summed E-state index contributed by atoms with van der Waals surface area (Å²) in [5, 5.41) is 24.1. The van der Waals surface area contributed by atoms with Gasteiger partial charge in [-0.1, -0.05) is 49.4 Å². The number of phenols is 1. The molecule has 8 nitrogen and oxygen atoms in total. The van der Waals surface area contributed by atoms with Gasteiger partial charge in [0.15, 0.2) is 5.75 Å². The van der Waals surface area contributed by atoms with Crippen molar-refractivity contribution in [1.82, 2.24) is 4.90 Å². The van der Waals surface area contributed by atoms with Gasteiger partial charge in [0.1, 0.15) is 17.1 Å². The topological polar surface area (TPSA) is 104 Å². The van der Waals surface area contributed by atoms with E-state index in [2.05, 4.69) is 15.5 Å². The number of hydrogen-bond donors (Lipinski definition) is 2. The van der Waals surface area contributed by atoms with Crippen molar-refractivity contribution in [3.63, 3.8) is 0 Å². The zero-order chi connectivity index (χ0) is 27.2. The van der Waals surface area contributed by atoms with Crippen LogP contribution >= 0.6 is 0 Å². The molecule has 4 rings (SSSR count). The molecule has 0 fully saturated rings. The normalized spacial score (nSPS) is 11.1. The quantitative estimate of drug-likeness (QED) is 0.252. The number of nitrogens with zero attached hydrogens (tertiary/aromatic N) is 3. The van der Waals surface area contributed by atoms with Gasteiger partial charge in [-0.05, 0) is 54.6 Å². The number of aryl methyl sites for hydroxylation is 1. The van der Waals surface area contributed by atoms with E-state index in [1.807, 2.05) is 56.3 Å². The van der Waals surface area contributed by atoms with Crippen LogP contribution in [-0.4, -0.2) is 42.5 Å². The number of carbonyl (C=O) groups is 2. The highest BCUT2D eigenvalue weighted by Crippen LogP contribution is 2.40. The van der Waals surface area contributed by atoms with E-state index in [1.165, 1.54) is 7.11 Å². The molecule has 0 unspecified atom stereocenters. The third-order valence-corrected chi connectivity index (χ3v) is 6.39. The van der Waals surface area contributed by atoms with E-state index >= 15 is 0 Å². The summed E-state index contributed by atoms with van der Waals surface area (Å²) in [4.78, 5) is 27.5. The van der Waals surface area contributed by atoms with Gasteiger partial charge in [-0.15, -0.1) is 10.2 Å². The third-order valence-electron chi connectivity index (χ3n) is 6.39. The highest BCUT2D eigenvalue weighted by atomic mass is 16.5. The van der Waals surface area contributed by atoms with Crippen molar-refractivity contribution < 1.29 is 19.4 Å². The number of anilines is 1. The zero-order valence-electron chi connectivity index (χ0n) is 21.9. The van der Waals surface area contributed by atoms with E-state index in [0.29, 0.717) is 40.0 Å². The Balaban J connectivity index is 1.78. The number of phenolic OH excluding ortho intramolecular Hbond substituents is 1. The number of nitrogens with one attached hydrogen (secondary N) is 1. The molecule has 2 amide bonds. The first-order chi connectivity index (χ1) is 18.4. The molecule has 38 heavy (non-hydrogen) atoms. The molecule has 0 atom stereocenters. The number of methoxy groups -OCH3 is 1. The van der Waals surface area contributed by atoms with Crippen LogP contribution in [0.5, 0.6) is 11.5 Å². The molecule has 0 radical (unpaired) electrons. The van der Waals surface area contributed by atoms with Crippen LogP contribution in [0.4, 0.5) is 17.1 Å². The van der Waals surface area contributed by atoms with Gasteiger partial charge in [-0.25, -0.2) is 0 Å². The van der Waals surface area contributed by atoms with Crippen molar-refractivity contribution in [2.24, 2.45) is 10.2 Å². The fourth-order valence-electron chi connectivity index (χ4n) is 4.10. The summed E-state index contributed by atoms with van der Waals surface area (Å²) in [6.07, 6.45) is 0.747.